The lowest BCUT2D eigenvalue weighted by Crippen LogP contribution is -2.29. The Balaban J connectivity index is 1.80. The molecule has 6 nitrogen and oxygen atoms in total. The molecular formula is C12H16N4O2. The minimum absolute atomic E-state index is 0.0717. The highest BCUT2D eigenvalue weighted by atomic mass is 16.2. The molecule has 0 spiro atoms. The van der Waals surface area contributed by atoms with Crippen LogP contribution >= 0.6 is 0 Å². The molecule has 0 aromatic heterocycles. The Hall–Kier alpha value is -2.08. The van der Waals surface area contributed by atoms with Gasteiger partial charge in [-0.3, -0.25) is 4.79 Å². The summed E-state index contributed by atoms with van der Waals surface area (Å²) >= 11 is 0. The SMILES string of the molecule is NC(=O)Nc1ccc(NC(=O)CNC2CC2)cc1. The molecule has 0 radical (unpaired) electrons. The fourth-order valence-electron chi connectivity index (χ4n) is 1.51. The lowest BCUT2D eigenvalue weighted by Gasteiger charge is -2.07. The molecule has 1 fully saturated rings. The highest BCUT2D eigenvalue weighted by Crippen LogP contribution is 2.18. The summed E-state index contributed by atoms with van der Waals surface area (Å²) in [5.74, 6) is -0.0717. The van der Waals surface area contributed by atoms with Crippen molar-refractivity contribution in [2.75, 3.05) is 17.2 Å². The number of carbonyl (C=O) groups is 2. The van der Waals surface area contributed by atoms with Crippen LogP contribution in [0.1, 0.15) is 12.8 Å². The third-order valence-corrected chi connectivity index (χ3v) is 2.56. The molecule has 0 heterocycles. The van der Waals surface area contributed by atoms with Gasteiger partial charge in [0.05, 0.1) is 6.54 Å². The van der Waals surface area contributed by atoms with Crippen molar-refractivity contribution in [1.29, 1.82) is 0 Å². The van der Waals surface area contributed by atoms with Gasteiger partial charge in [-0.25, -0.2) is 4.79 Å². The highest BCUT2D eigenvalue weighted by molar-refractivity contribution is 5.93. The largest absolute Gasteiger partial charge is 0.351 e. The van der Waals surface area contributed by atoms with Crippen LogP contribution in [0, 0.1) is 0 Å². The van der Waals surface area contributed by atoms with Crippen LogP contribution < -0.4 is 21.7 Å². The van der Waals surface area contributed by atoms with E-state index in [0.29, 0.717) is 24.0 Å². The number of urea groups is 1. The van der Waals surface area contributed by atoms with Crippen molar-refractivity contribution in [1.82, 2.24) is 5.32 Å². The van der Waals surface area contributed by atoms with Crippen LogP contribution in [0.15, 0.2) is 24.3 Å². The Morgan fingerprint density at radius 2 is 1.67 bits per heavy atom. The van der Waals surface area contributed by atoms with E-state index in [1.165, 1.54) is 0 Å². The Kier molecular flexibility index (Phi) is 3.78. The summed E-state index contributed by atoms with van der Waals surface area (Å²) in [5.41, 5.74) is 6.27. The smallest absolute Gasteiger partial charge is 0.316 e. The van der Waals surface area contributed by atoms with Gasteiger partial charge >= 0.3 is 6.03 Å². The van der Waals surface area contributed by atoms with Gasteiger partial charge in [0.25, 0.3) is 0 Å². The second-order valence-electron chi connectivity index (χ2n) is 4.27. The quantitative estimate of drug-likeness (QED) is 0.622. The third kappa shape index (κ3) is 4.06. The molecule has 1 aliphatic carbocycles. The average Bonchev–Trinajstić information content (AvgIpc) is 3.12. The fraction of sp³-hybridized carbons (Fsp3) is 0.333. The fourth-order valence-corrected chi connectivity index (χ4v) is 1.51. The number of carbonyl (C=O) groups excluding carboxylic acids is 2. The summed E-state index contributed by atoms with van der Waals surface area (Å²) in [6.45, 7) is 0.325. The standard InChI is InChI=1S/C12H16N4O2/c13-12(18)16-10-5-3-9(4-6-10)15-11(17)7-14-8-1-2-8/h3-6,8,14H,1-2,7H2,(H,15,17)(H3,13,16,18). The Morgan fingerprint density at radius 1 is 1.11 bits per heavy atom. The minimum Gasteiger partial charge on any atom is -0.351 e. The van der Waals surface area contributed by atoms with E-state index in [2.05, 4.69) is 16.0 Å². The van der Waals surface area contributed by atoms with Crippen molar-refractivity contribution in [3.8, 4) is 0 Å². The van der Waals surface area contributed by atoms with E-state index in [1.54, 1.807) is 24.3 Å². The first-order chi connectivity index (χ1) is 8.63. The molecule has 1 aromatic rings. The van der Waals surface area contributed by atoms with E-state index in [-0.39, 0.29) is 5.91 Å². The van der Waals surface area contributed by atoms with E-state index < -0.39 is 6.03 Å². The summed E-state index contributed by atoms with van der Waals surface area (Å²) in [6.07, 6.45) is 2.31. The molecule has 0 atom stereocenters. The maximum atomic E-state index is 11.5. The number of hydrogen-bond donors (Lipinski definition) is 4. The Morgan fingerprint density at radius 3 is 2.17 bits per heavy atom. The third-order valence-electron chi connectivity index (χ3n) is 2.56. The summed E-state index contributed by atoms with van der Waals surface area (Å²) in [6, 6.07) is 6.67. The van der Waals surface area contributed by atoms with Gasteiger partial charge in [-0.2, -0.15) is 0 Å². The number of nitrogens with one attached hydrogen (secondary N) is 3. The lowest BCUT2D eigenvalue weighted by molar-refractivity contribution is -0.115. The molecule has 6 heteroatoms. The molecule has 1 aromatic carbocycles. The number of nitrogens with two attached hydrogens (primary N) is 1. The molecule has 0 saturated heterocycles. The monoisotopic (exact) mass is 248 g/mol. The molecule has 5 N–H and O–H groups in total. The van der Waals surface area contributed by atoms with Crippen LogP contribution in [-0.4, -0.2) is 24.5 Å². The van der Waals surface area contributed by atoms with Crippen LogP contribution in [0.3, 0.4) is 0 Å². The maximum absolute atomic E-state index is 11.5. The van der Waals surface area contributed by atoms with Crippen molar-refractivity contribution >= 4 is 23.3 Å². The van der Waals surface area contributed by atoms with Crippen molar-refractivity contribution in [2.24, 2.45) is 5.73 Å². The van der Waals surface area contributed by atoms with Gasteiger partial charge in [0.1, 0.15) is 0 Å². The normalized spacial score (nSPS) is 14.0. The molecule has 0 unspecified atom stereocenters. The maximum Gasteiger partial charge on any atom is 0.316 e. The van der Waals surface area contributed by atoms with Gasteiger partial charge in [-0.1, -0.05) is 0 Å². The number of benzene rings is 1. The molecular weight excluding hydrogens is 232 g/mol. The van der Waals surface area contributed by atoms with Gasteiger partial charge in [0.15, 0.2) is 0 Å². The first kappa shape index (κ1) is 12.4. The first-order valence-electron chi connectivity index (χ1n) is 5.83. The van der Waals surface area contributed by atoms with Crippen molar-refractivity contribution in [3.05, 3.63) is 24.3 Å². The topological polar surface area (TPSA) is 96.2 Å². The van der Waals surface area contributed by atoms with Crippen LogP contribution in [0.2, 0.25) is 0 Å². The van der Waals surface area contributed by atoms with Gasteiger partial charge in [0.2, 0.25) is 5.91 Å². The summed E-state index contributed by atoms with van der Waals surface area (Å²) in [7, 11) is 0. The number of hydrogen-bond acceptors (Lipinski definition) is 3. The summed E-state index contributed by atoms with van der Waals surface area (Å²) < 4.78 is 0. The van der Waals surface area contributed by atoms with E-state index >= 15 is 0 Å². The van der Waals surface area contributed by atoms with Crippen LogP contribution in [-0.2, 0) is 4.79 Å². The molecule has 96 valence electrons. The summed E-state index contributed by atoms with van der Waals surface area (Å²) in [5, 5.41) is 8.34. The van der Waals surface area contributed by atoms with Crippen LogP contribution in [0.5, 0.6) is 0 Å². The van der Waals surface area contributed by atoms with Crippen LogP contribution in [0.25, 0.3) is 0 Å². The Bertz CT molecular complexity index is 440. The minimum atomic E-state index is -0.611. The van der Waals surface area contributed by atoms with Crippen molar-refractivity contribution in [2.45, 2.75) is 18.9 Å². The second-order valence-corrected chi connectivity index (χ2v) is 4.27. The van der Waals surface area contributed by atoms with Crippen molar-refractivity contribution < 1.29 is 9.59 Å². The number of anilines is 2. The number of primary amides is 1. The molecule has 1 aliphatic rings. The van der Waals surface area contributed by atoms with Gasteiger partial charge in [-0.15, -0.1) is 0 Å². The lowest BCUT2D eigenvalue weighted by atomic mass is 10.3. The van der Waals surface area contributed by atoms with Gasteiger partial charge in [-0.05, 0) is 37.1 Å². The Labute approximate surface area is 105 Å². The average molecular weight is 248 g/mol. The predicted octanol–water partition coefficient (Wildman–Crippen LogP) is 0.868. The van der Waals surface area contributed by atoms with Gasteiger partial charge in [0, 0.05) is 17.4 Å². The van der Waals surface area contributed by atoms with Gasteiger partial charge < -0.3 is 21.7 Å². The zero-order valence-electron chi connectivity index (χ0n) is 9.90. The summed E-state index contributed by atoms with van der Waals surface area (Å²) in [4.78, 5) is 22.2. The predicted molar refractivity (Wildman–Crippen MR) is 69.3 cm³/mol. The van der Waals surface area contributed by atoms with E-state index in [1.807, 2.05) is 0 Å². The zero-order chi connectivity index (χ0) is 13.0. The first-order valence-corrected chi connectivity index (χ1v) is 5.83. The van der Waals surface area contributed by atoms with E-state index in [9.17, 15) is 9.59 Å². The second kappa shape index (κ2) is 5.50. The number of rotatable bonds is 5. The molecule has 3 amide bonds. The molecule has 1 saturated carbocycles. The molecule has 2 rings (SSSR count). The van der Waals surface area contributed by atoms with Crippen molar-refractivity contribution in [3.63, 3.8) is 0 Å². The highest BCUT2D eigenvalue weighted by Gasteiger charge is 2.21. The van der Waals surface area contributed by atoms with Crippen LogP contribution in [0.4, 0.5) is 16.2 Å². The molecule has 0 bridgehead atoms. The molecule has 18 heavy (non-hydrogen) atoms. The van der Waals surface area contributed by atoms with E-state index in [4.69, 9.17) is 5.73 Å². The molecule has 0 aliphatic heterocycles. The van der Waals surface area contributed by atoms with E-state index in [0.717, 1.165) is 12.8 Å². The number of amides is 3. The zero-order valence-corrected chi connectivity index (χ0v) is 9.90.